The van der Waals surface area contributed by atoms with Crippen LogP contribution in [0.1, 0.15) is 141 Å². The second-order valence-electron chi connectivity index (χ2n) is 23.5. The molecule has 6 N–H and O–H groups in total. The van der Waals surface area contributed by atoms with E-state index < -0.39 is 48.2 Å². The predicted molar refractivity (Wildman–Crippen MR) is 320 cm³/mol. The Bertz CT molecular complexity index is 3950. The van der Waals surface area contributed by atoms with E-state index in [0.717, 1.165) is 128 Å². The van der Waals surface area contributed by atoms with Crippen molar-refractivity contribution in [2.24, 2.45) is 5.92 Å². The molecule has 0 bridgehead atoms. The number of hydrogen-bond donors (Lipinski definition) is 6. The first kappa shape index (κ1) is 60.3. The zero-order valence-electron chi connectivity index (χ0n) is 48.8. The van der Waals surface area contributed by atoms with Gasteiger partial charge in [-0.3, -0.25) is 0 Å². The predicted octanol–water partition coefficient (Wildman–Crippen LogP) is 8.63. The molecule has 3 aromatic carbocycles. The van der Waals surface area contributed by atoms with Crippen molar-refractivity contribution in [3.05, 3.63) is 104 Å². The van der Waals surface area contributed by atoms with Crippen LogP contribution in [0.15, 0.2) is 57.5 Å². The number of carbonyl (C=O) groups excluding carboxylic acids is 3. The summed E-state index contributed by atoms with van der Waals surface area (Å²) in [5.74, 6) is 0.910. The summed E-state index contributed by atoms with van der Waals surface area (Å²) in [6.07, 6.45) is 16.2. The number of urea groups is 3. The summed E-state index contributed by atoms with van der Waals surface area (Å²) < 4.78 is 104. The third-order valence-corrected chi connectivity index (χ3v) is 20.5. The molecular weight excluding hydrogens is 1190 g/mol. The Kier molecular flexibility index (Phi) is 16.9. The molecule has 13 rings (SSSR count). The van der Waals surface area contributed by atoms with Crippen LogP contribution < -0.4 is 44.3 Å². The van der Waals surface area contributed by atoms with Crippen LogP contribution in [0.2, 0.25) is 5.02 Å². The number of halogens is 1. The highest BCUT2D eigenvalue weighted by Gasteiger charge is 2.35. The summed E-state index contributed by atoms with van der Waals surface area (Å²) in [4.78, 5) is 37.5. The van der Waals surface area contributed by atoms with E-state index in [-0.39, 0.29) is 56.2 Å². The molecule has 6 aromatic rings. The molecule has 3 aliphatic heterocycles. The summed E-state index contributed by atoms with van der Waals surface area (Å²) in [6.45, 7) is 14.2. The Labute approximate surface area is 505 Å². The number of sulfonamides is 3. The van der Waals surface area contributed by atoms with Crippen LogP contribution >= 0.6 is 11.6 Å². The van der Waals surface area contributed by atoms with Gasteiger partial charge in [-0.1, -0.05) is 58.4 Å². The maximum Gasteiger partial charge on any atom is 0.333 e. The second-order valence-corrected chi connectivity index (χ2v) is 28.9. The maximum absolute atomic E-state index is 12.8. The third kappa shape index (κ3) is 12.3. The molecule has 6 amide bonds. The van der Waals surface area contributed by atoms with Gasteiger partial charge in [0, 0.05) is 41.0 Å². The van der Waals surface area contributed by atoms with Crippen molar-refractivity contribution in [2.75, 3.05) is 29.2 Å². The molecule has 2 atom stereocenters. The lowest BCUT2D eigenvalue weighted by molar-refractivity contribution is 0.170. The van der Waals surface area contributed by atoms with Gasteiger partial charge in [-0.2, -0.15) is 15.3 Å². The summed E-state index contributed by atoms with van der Waals surface area (Å²) in [6, 6.07) is 5.74. The Morgan fingerprint density at radius 3 is 1.36 bits per heavy atom. The Morgan fingerprint density at radius 1 is 0.523 bits per heavy atom. The molecule has 0 radical (unpaired) electrons. The van der Waals surface area contributed by atoms with Gasteiger partial charge < -0.3 is 30.2 Å². The third-order valence-electron chi connectivity index (χ3n) is 16.4. The highest BCUT2D eigenvalue weighted by Crippen LogP contribution is 2.41. The van der Waals surface area contributed by atoms with E-state index in [9.17, 15) is 39.6 Å². The van der Waals surface area contributed by atoms with Gasteiger partial charge in [0.05, 0.1) is 44.9 Å². The van der Waals surface area contributed by atoms with Gasteiger partial charge in [0.2, 0.25) is 17.6 Å². The van der Waals surface area contributed by atoms with Crippen molar-refractivity contribution in [3.8, 4) is 17.6 Å². The Morgan fingerprint density at radius 2 is 0.919 bits per heavy atom. The van der Waals surface area contributed by atoms with Gasteiger partial charge in [0.1, 0.15) is 6.10 Å². The van der Waals surface area contributed by atoms with Crippen LogP contribution in [0.25, 0.3) is 0 Å². The van der Waals surface area contributed by atoms with E-state index in [2.05, 4.69) is 57.5 Å². The lowest BCUT2D eigenvalue weighted by Gasteiger charge is -2.21. The van der Waals surface area contributed by atoms with Crippen LogP contribution in [0.5, 0.6) is 17.6 Å². The van der Waals surface area contributed by atoms with Gasteiger partial charge in [-0.15, -0.1) is 0 Å². The van der Waals surface area contributed by atoms with E-state index in [1.165, 1.54) is 54.9 Å². The molecule has 7 aliphatic rings. The number of aromatic nitrogens is 6. The fourth-order valence-corrected chi connectivity index (χ4v) is 15.6. The van der Waals surface area contributed by atoms with E-state index in [0.29, 0.717) is 43.6 Å². The lowest BCUT2D eigenvalue weighted by atomic mass is 9.92. The number of hydrogen-bond acceptors (Lipinski definition) is 15. The molecule has 2 unspecified atom stereocenters. The monoisotopic (exact) mass is 1260 g/mol. The molecule has 6 heterocycles. The molecule has 0 spiro atoms. The molecule has 460 valence electrons. The number of carbonyl (C=O) groups is 3. The minimum absolute atomic E-state index is 0.0780. The summed E-state index contributed by atoms with van der Waals surface area (Å²) in [5, 5.41) is 21.1. The van der Waals surface area contributed by atoms with E-state index >= 15 is 0 Å². The molecule has 28 heteroatoms. The standard InChI is InChI=1S/C20H24N4O4S.C19H25ClN4O4S.C19H22N4O4S/c1-12-10-24-19(28-11-12)17(9-21-24)29(26,27)23-20(25)22-18-15-6-2-4-13(15)8-14-5-3-7-16(14)18;1-11(2)14-8-13(20)9-15(12(3)4)17(14)22-19(25)23-29(26,27)16-10-21-24-6-5-7-28-18(16)24;1-11-10-23-18(27-11)16(9-20-23)28(25,26)22-19(24)21-17-14-6-2-4-12(14)8-13-5-3-7-15(13)17/h8-9,12H,2-7,10-11H2,1H3,(H2,22,23,25);8-12H,5-7H2,1-4H3,(H2,22,23,25);8-9,11H,2-7,10H2,1H3,(H2,21,22,24). The molecule has 0 saturated heterocycles. The number of anilines is 3. The van der Waals surface area contributed by atoms with Gasteiger partial charge in [-0.25, -0.2) is 67.8 Å². The quantitative estimate of drug-likeness (QED) is 0.0707. The van der Waals surface area contributed by atoms with E-state index in [1.54, 1.807) is 12.1 Å². The fraction of sp³-hybridized carbons (Fsp3) is 0.483. The zero-order valence-corrected chi connectivity index (χ0v) is 52.0. The average Bonchev–Trinajstić information content (AvgIpc) is 1.91. The summed E-state index contributed by atoms with van der Waals surface area (Å²) in [5.41, 5.74) is 13.5. The summed E-state index contributed by atoms with van der Waals surface area (Å²) in [7, 11) is -12.3. The van der Waals surface area contributed by atoms with Crippen LogP contribution in [0.3, 0.4) is 0 Å². The van der Waals surface area contributed by atoms with Crippen molar-refractivity contribution < 1.29 is 53.8 Å². The van der Waals surface area contributed by atoms with E-state index in [1.807, 2.05) is 41.5 Å². The number of nitrogens with one attached hydrogen (secondary N) is 6. The van der Waals surface area contributed by atoms with Crippen molar-refractivity contribution in [1.82, 2.24) is 43.5 Å². The number of amides is 6. The SMILES string of the molecule is CC(C)c1cc(Cl)cc(C(C)C)c1NC(=O)NS(=O)(=O)c1cnn2c1OCCC2.CC1COc2c(S(=O)(=O)NC(=O)Nc3c4c(cc5c3CCC5)CCC4)cnn2C1.CC1Cn2ncc(S(=O)(=O)NC(=O)Nc3c4c(cc5c3CCC5)CCC4)c2O1. The number of aryl methyl sites for hydroxylation is 5. The fourth-order valence-electron chi connectivity index (χ4n) is 12.5. The largest absolute Gasteiger partial charge is 0.477 e. The summed E-state index contributed by atoms with van der Waals surface area (Å²) >= 11 is 6.24. The Hall–Kier alpha value is -7.36. The molecule has 0 saturated carbocycles. The lowest BCUT2D eigenvalue weighted by Crippen LogP contribution is -2.35. The van der Waals surface area contributed by atoms with Crippen molar-refractivity contribution in [2.45, 2.75) is 177 Å². The maximum atomic E-state index is 12.8. The molecule has 24 nitrogen and oxygen atoms in total. The van der Waals surface area contributed by atoms with Gasteiger partial charge >= 0.3 is 18.1 Å². The smallest absolute Gasteiger partial charge is 0.333 e. The first-order valence-corrected chi connectivity index (χ1v) is 34.0. The second kappa shape index (κ2) is 24.1. The number of rotatable bonds is 11. The molecule has 86 heavy (non-hydrogen) atoms. The molecular formula is C58H71ClN12O12S3. The zero-order chi connectivity index (χ0) is 61.0. The van der Waals surface area contributed by atoms with Crippen molar-refractivity contribution in [3.63, 3.8) is 0 Å². The minimum Gasteiger partial charge on any atom is -0.477 e. The van der Waals surface area contributed by atoms with Gasteiger partial charge in [0.25, 0.3) is 30.1 Å². The first-order valence-electron chi connectivity index (χ1n) is 29.2. The number of fused-ring (bicyclic) bond motifs is 7. The number of nitrogens with zero attached hydrogens (tertiary/aromatic N) is 6. The Balaban J connectivity index is 0.000000134. The van der Waals surface area contributed by atoms with Gasteiger partial charge in [0.15, 0.2) is 14.7 Å². The molecule has 0 fully saturated rings. The van der Waals surface area contributed by atoms with Crippen LogP contribution in [0, 0.1) is 5.92 Å². The van der Waals surface area contributed by atoms with Crippen molar-refractivity contribution >= 4 is 76.8 Å². The first-order chi connectivity index (χ1) is 40.9. The number of ether oxygens (including phenoxy) is 3. The highest BCUT2D eigenvalue weighted by molar-refractivity contribution is 7.90. The molecule has 3 aromatic heterocycles. The highest BCUT2D eigenvalue weighted by atomic mass is 35.5. The molecule has 4 aliphatic carbocycles. The average molecular weight is 1260 g/mol. The topological polar surface area (TPSA) is 307 Å². The normalized spacial score (nSPS) is 17.8. The van der Waals surface area contributed by atoms with E-state index in [4.69, 9.17) is 25.8 Å². The van der Waals surface area contributed by atoms with Crippen molar-refractivity contribution in [1.29, 1.82) is 0 Å². The van der Waals surface area contributed by atoms with Crippen LogP contribution in [-0.4, -0.2) is 92.0 Å². The number of benzene rings is 3. The van der Waals surface area contributed by atoms with Gasteiger partial charge in [-0.05, 0) is 164 Å². The minimum atomic E-state index is -4.15. The van der Waals surface area contributed by atoms with Crippen LogP contribution in [0.4, 0.5) is 31.4 Å². The van der Waals surface area contributed by atoms with Crippen LogP contribution in [-0.2, 0) is 101 Å².